The highest BCUT2D eigenvalue weighted by atomic mass is 16.5. The summed E-state index contributed by atoms with van der Waals surface area (Å²) in [6.07, 6.45) is 0.940. The molecule has 0 radical (unpaired) electrons. The Balaban J connectivity index is 2.69. The van der Waals surface area contributed by atoms with Crippen molar-refractivity contribution in [1.82, 2.24) is 14.8 Å². The Bertz CT molecular complexity index is 259. The zero-order valence-corrected chi connectivity index (χ0v) is 8.16. The Hall–Kier alpha value is -0.940. The molecule has 5 nitrogen and oxygen atoms in total. The molecule has 0 amide bonds. The minimum absolute atomic E-state index is 0.505. The van der Waals surface area contributed by atoms with Gasteiger partial charge in [-0.1, -0.05) is 0 Å². The van der Waals surface area contributed by atoms with Crippen LogP contribution < -0.4 is 5.73 Å². The molecule has 1 heterocycles. The quantitative estimate of drug-likeness (QED) is 0.704. The van der Waals surface area contributed by atoms with Crippen molar-refractivity contribution in [2.24, 2.45) is 5.73 Å². The summed E-state index contributed by atoms with van der Waals surface area (Å²) in [6, 6.07) is 0. The molecule has 2 N–H and O–H groups in total. The largest absolute Gasteiger partial charge is 0.377 e. The highest BCUT2D eigenvalue weighted by molar-refractivity contribution is 4.92. The van der Waals surface area contributed by atoms with E-state index in [1.165, 1.54) is 0 Å². The molecule has 5 heteroatoms. The number of nitrogens with two attached hydrogens (primary N) is 1. The van der Waals surface area contributed by atoms with Crippen LogP contribution in [0.1, 0.15) is 18.1 Å². The second-order valence-corrected chi connectivity index (χ2v) is 2.89. The van der Waals surface area contributed by atoms with Gasteiger partial charge < -0.3 is 15.0 Å². The van der Waals surface area contributed by atoms with Crippen molar-refractivity contribution in [3.8, 4) is 0 Å². The first-order valence-electron chi connectivity index (χ1n) is 4.37. The van der Waals surface area contributed by atoms with Gasteiger partial charge in [-0.25, -0.2) is 0 Å². The molecule has 0 fully saturated rings. The van der Waals surface area contributed by atoms with Crippen LogP contribution in [0.5, 0.6) is 0 Å². The number of hydrogen-bond acceptors (Lipinski definition) is 4. The van der Waals surface area contributed by atoms with E-state index in [1.54, 1.807) is 7.11 Å². The molecular weight excluding hydrogens is 168 g/mol. The molecule has 0 aliphatic carbocycles. The Morgan fingerprint density at radius 2 is 2.23 bits per heavy atom. The lowest BCUT2D eigenvalue weighted by Gasteiger charge is -2.06. The van der Waals surface area contributed by atoms with E-state index in [9.17, 15) is 0 Å². The van der Waals surface area contributed by atoms with Crippen LogP contribution in [0.25, 0.3) is 0 Å². The SMILES string of the molecule is COCc1nnc(C)n1CCCN. The Labute approximate surface area is 77.9 Å². The molecular formula is C8H16N4O. The van der Waals surface area contributed by atoms with Gasteiger partial charge in [-0.15, -0.1) is 10.2 Å². The average Bonchev–Trinajstić information content (AvgIpc) is 2.45. The molecule has 13 heavy (non-hydrogen) atoms. The minimum atomic E-state index is 0.505. The smallest absolute Gasteiger partial charge is 0.159 e. The normalized spacial score (nSPS) is 10.7. The maximum atomic E-state index is 5.43. The lowest BCUT2D eigenvalue weighted by Crippen LogP contribution is -2.10. The maximum Gasteiger partial charge on any atom is 0.159 e. The summed E-state index contributed by atoms with van der Waals surface area (Å²) in [7, 11) is 1.65. The maximum absolute atomic E-state index is 5.43. The molecule has 74 valence electrons. The van der Waals surface area contributed by atoms with Crippen molar-refractivity contribution < 1.29 is 4.74 Å². The Morgan fingerprint density at radius 3 is 2.85 bits per heavy atom. The highest BCUT2D eigenvalue weighted by Gasteiger charge is 2.06. The van der Waals surface area contributed by atoms with Gasteiger partial charge in [0, 0.05) is 13.7 Å². The van der Waals surface area contributed by atoms with Crippen LogP contribution in [0.2, 0.25) is 0 Å². The van der Waals surface area contributed by atoms with Crippen molar-refractivity contribution in [3.05, 3.63) is 11.6 Å². The summed E-state index contributed by atoms with van der Waals surface area (Å²) in [4.78, 5) is 0. The number of rotatable bonds is 5. The molecule has 0 aromatic carbocycles. The summed E-state index contributed by atoms with van der Waals surface area (Å²) >= 11 is 0. The van der Waals surface area contributed by atoms with Crippen molar-refractivity contribution in [2.45, 2.75) is 26.5 Å². The predicted molar refractivity (Wildman–Crippen MR) is 49.1 cm³/mol. The van der Waals surface area contributed by atoms with Crippen molar-refractivity contribution in [3.63, 3.8) is 0 Å². The fourth-order valence-electron chi connectivity index (χ4n) is 1.20. The average molecular weight is 184 g/mol. The first-order valence-corrected chi connectivity index (χ1v) is 4.37. The third-order valence-corrected chi connectivity index (χ3v) is 1.87. The van der Waals surface area contributed by atoms with E-state index < -0.39 is 0 Å². The Morgan fingerprint density at radius 1 is 1.46 bits per heavy atom. The number of ether oxygens (including phenoxy) is 1. The molecule has 0 aliphatic heterocycles. The topological polar surface area (TPSA) is 66.0 Å². The lowest BCUT2D eigenvalue weighted by atomic mass is 10.4. The monoisotopic (exact) mass is 184 g/mol. The van der Waals surface area contributed by atoms with E-state index >= 15 is 0 Å². The van der Waals surface area contributed by atoms with Gasteiger partial charge in [0.25, 0.3) is 0 Å². The predicted octanol–water partition coefficient (Wildman–Crippen LogP) is 0.0817. The van der Waals surface area contributed by atoms with Crippen molar-refractivity contribution >= 4 is 0 Å². The molecule has 0 atom stereocenters. The van der Waals surface area contributed by atoms with E-state index in [-0.39, 0.29) is 0 Å². The van der Waals surface area contributed by atoms with Crippen LogP contribution in [0.15, 0.2) is 0 Å². The first-order chi connectivity index (χ1) is 6.29. The summed E-state index contributed by atoms with van der Waals surface area (Å²) < 4.78 is 7.05. The fraction of sp³-hybridized carbons (Fsp3) is 0.750. The van der Waals surface area contributed by atoms with Crippen LogP contribution in [0, 0.1) is 6.92 Å². The van der Waals surface area contributed by atoms with Crippen LogP contribution in [0.4, 0.5) is 0 Å². The summed E-state index contributed by atoms with van der Waals surface area (Å²) in [5.74, 6) is 1.79. The van der Waals surface area contributed by atoms with Gasteiger partial charge in [0.15, 0.2) is 5.82 Å². The third kappa shape index (κ3) is 2.50. The van der Waals surface area contributed by atoms with Gasteiger partial charge >= 0.3 is 0 Å². The zero-order valence-electron chi connectivity index (χ0n) is 8.16. The molecule has 0 saturated heterocycles. The van der Waals surface area contributed by atoms with E-state index in [0.717, 1.165) is 24.6 Å². The van der Waals surface area contributed by atoms with Gasteiger partial charge in [0.05, 0.1) is 0 Å². The van der Waals surface area contributed by atoms with Crippen molar-refractivity contribution in [1.29, 1.82) is 0 Å². The molecule has 0 saturated carbocycles. The highest BCUT2D eigenvalue weighted by Crippen LogP contribution is 2.03. The number of nitrogens with zero attached hydrogens (tertiary/aromatic N) is 3. The second-order valence-electron chi connectivity index (χ2n) is 2.89. The number of methoxy groups -OCH3 is 1. The third-order valence-electron chi connectivity index (χ3n) is 1.87. The first kappa shape index (κ1) is 10.1. The van der Waals surface area contributed by atoms with Gasteiger partial charge in [0.1, 0.15) is 12.4 Å². The van der Waals surface area contributed by atoms with Gasteiger partial charge in [-0.05, 0) is 19.9 Å². The standard InChI is InChI=1S/C8H16N4O/c1-7-10-11-8(6-13-2)12(7)5-3-4-9/h3-6,9H2,1-2H3. The Kier molecular flexibility index (Phi) is 3.85. The van der Waals surface area contributed by atoms with Gasteiger partial charge in [0.2, 0.25) is 0 Å². The van der Waals surface area contributed by atoms with Gasteiger partial charge in [-0.2, -0.15) is 0 Å². The summed E-state index contributed by atoms with van der Waals surface area (Å²) in [5, 5.41) is 7.99. The van der Waals surface area contributed by atoms with Crippen LogP contribution in [-0.4, -0.2) is 28.4 Å². The zero-order chi connectivity index (χ0) is 9.68. The molecule has 0 spiro atoms. The molecule has 0 aliphatic rings. The molecule has 1 aromatic rings. The lowest BCUT2D eigenvalue weighted by molar-refractivity contribution is 0.173. The molecule has 1 aromatic heterocycles. The van der Waals surface area contributed by atoms with Crippen LogP contribution >= 0.6 is 0 Å². The van der Waals surface area contributed by atoms with E-state index in [2.05, 4.69) is 10.2 Å². The molecule has 0 bridgehead atoms. The van der Waals surface area contributed by atoms with E-state index in [4.69, 9.17) is 10.5 Å². The summed E-state index contributed by atoms with van der Waals surface area (Å²) in [5.41, 5.74) is 5.43. The molecule has 0 unspecified atom stereocenters. The summed E-state index contributed by atoms with van der Waals surface area (Å²) in [6.45, 7) is 3.99. The molecule has 1 rings (SSSR count). The van der Waals surface area contributed by atoms with Crippen molar-refractivity contribution in [2.75, 3.05) is 13.7 Å². The van der Waals surface area contributed by atoms with E-state index in [1.807, 2.05) is 11.5 Å². The van der Waals surface area contributed by atoms with Crippen LogP contribution in [-0.2, 0) is 17.9 Å². The number of aromatic nitrogens is 3. The van der Waals surface area contributed by atoms with E-state index in [0.29, 0.717) is 13.2 Å². The number of hydrogen-bond donors (Lipinski definition) is 1. The number of aryl methyl sites for hydroxylation is 1. The fourth-order valence-corrected chi connectivity index (χ4v) is 1.20. The minimum Gasteiger partial charge on any atom is -0.377 e. The van der Waals surface area contributed by atoms with Crippen LogP contribution in [0.3, 0.4) is 0 Å². The second kappa shape index (κ2) is 4.94. The van der Waals surface area contributed by atoms with Gasteiger partial charge in [-0.3, -0.25) is 0 Å².